The molecule has 0 saturated heterocycles. The normalized spacial score (nSPS) is 7.67. The Labute approximate surface area is 50.5 Å². The molecular weight excluding hydrogens is 208 g/mol. The van der Waals surface area contributed by atoms with E-state index in [1.807, 2.05) is 6.82 Å². The first-order valence-electron chi connectivity index (χ1n) is 1.58. The molecule has 1 unspecified atom stereocenters. The van der Waals surface area contributed by atoms with Gasteiger partial charge in [-0.2, -0.15) is 0 Å². The van der Waals surface area contributed by atoms with Crippen molar-refractivity contribution in [3.05, 3.63) is 0 Å². The Morgan fingerprint density at radius 3 is 2.50 bits per heavy atom. The fraction of sp³-hybridized carbons (Fsp3) is 1.00. The van der Waals surface area contributed by atoms with Crippen LogP contribution in [-0.4, -0.2) is 11.5 Å². The van der Waals surface area contributed by atoms with Gasteiger partial charge < -0.3 is 0 Å². The summed E-state index contributed by atoms with van der Waals surface area (Å²) < 4.78 is 10.1. The summed E-state index contributed by atoms with van der Waals surface area (Å²) in [5.74, 6) is 0. The molecule has 0 aliphatic heterocycles. The molecule has 0 aliphatic rings. The molecule has 0 amide bonds. The van der Waals surface area contributed by atoms with Crippen LogP contribution in [0.4, 0.5) is 0 Å². The van der Waals surface area contributed by atoms with Crippen LogP contribution in [0.2, 0.25) is 6.82 Å². The van der Waals surface area contributed by atoms with Gasteiger partial charge in [0.2, 0.25) is 0 Å². The first-order chi connectivity index (χ1) is 2.81. The van der Waals surface area contributed by atoms with Crippen LogP contribution in [0, 0.1) is 0 Å². The quantitative estimate of drug-likeness (QED) is 0.272. The van der Waals surface area contributed by atoms with Crippen molar-refractivity contribution in [3.63, 3.8) is 0 Å². The Bertz CT molecular complexity index is 50.8. The van der Waals surface area contributed by atoms with Crippen molar-refractivity contribution in [1.29, 1.82) is 0 Å². The van der Waals surface area contributed by atoms with E-state index in [1.165, 1.54) is 0 Å². The summed E-state index contributed by atoms with van der Waals surface area (Å²) in [7, 11) is 1.00. The van der Waals surface area contributed by atoms with Gasteiger partial charge in [-0.1, -0.05) is 0 Å². The van der Waals surface area contributed by atoms with E-state index >= 15 is 0 Å². The molecule has 1 nitrogen and oxygen atoms in total. The van der Waals surface area contributed by atoms with Crippen molar-refractivity contribution in [2.45, 2.75) is 6.82 Å². The maximum atomic E-state index is 9.75. The predicted octanol–water partition coefficient (Wildman–Crippen LogP) is -2.97. The molecule has 0 aromatic rings. The van der Waals surface area contributed by atoms with Gasteiger partial charge in [-0.25, -0.2) is 0 Å². The van der Waals surface area contributed by atoms with Crippen LogP contribution in [0.25, 0.3) is 0 Å². The molecular formula is CH5B2IOP-. The van der Waals surface area contributed by atoms with E-state index in [2.05, 4.69) is 6.88 Å². The van der Waals surface area contributed by atoms with Crippen LogP contribution in [0.3, 0.4) is 0 Å². The monoisotopic (exact) mass is 213 g/mol. The Morgan fingerprint density at radius 2 is 2.50 bits per heavy atom. The van der Waals surface area contributed by atoms with Gasteiger partial charge in [0, 0.05) is 0 Å². The average Bonchev–Trinajstić information content (AvgIpc) is 1.65. The Balaban J connectivity index is 2.96. The molecule has 0 heterocycles. The zero-order valence-electron chi connectivity index (χ0n) is 3.52. The number of rotatable bonds is 2. The molecule has 0 aliphatic carbocycles. The van der Waals surface area contributed by atoms with Gasteiger partial charge >= 0.3 is 50.3 Å². The molecule has 0 saturated carbocycles. The summed E-state index contributed by atoms with van der Waals surface area (Å²) in [6.45, 7) is 4.56. The van der Waals surface area contributed by atoms with E-state index in [9.17, 15) is 4.70 Å². The van der Waals surface area contributed by atoms with Crippen molar-refractivity contribution >= 4 is 18.4 Å². The minimum atomic E-state index is 0.0932. The topological polar surface area (TPSA) is 17.1 Å². The molecule has 0 radical (unpaired) electrons. The van der Waals surface area contributed by atoms with Gasteiger partial charge in [-0.3, -0.25) is 0 Å². The van der Waals surface area contributed by atoms with E-state index in [1.54, 1.807) is 0 Å². The predicted molar refractivity (Wildman–Crippen MR) is 27.8 cm³/mol. The fourth-order valence-corrected chi connectivity index (χ4v) is 0.598. The zero-order chi connectivity index (χ0) is 4.99. The Kier molecular flexibility index (Phi) is 5.03. The summed E-state index contributed by atoms with van der Waals surface area (Å²) >= 11 is 0.0932. The van der Waals surface area contributed by atoms with Gasteiger partial charge in [0.25, 0.3) is 0 Å². The molecule has 0 aromatic carbocycles. The van der Waals surface area contributed by atoms with E-state index < -0.39 is 0 Å². The third-order valence-electron chi connectivity index (χ3n) is 0.386. The van der Waals surface area contributed by atoms with Gasteiger partial charge in [-0.05, 0) is 0 Å². The summed E-state index contributed by atoms with van der Waals surface area (Å²) in [4.78, 5) is 0. The Morgan fingerprint density at radius 1 is 2.00 bits per heavy atom. The van der Waals surface area contributed by atoms with Crippen molar-refractivity contribution in [2.75, 3.05) is 0 Å². The van der Waals surface area contributed by atoms with Crippen LogP contribution in [-0.2, 0) is 4.70 Å². The summed E-state index contributed by atoms with van der Waals surface area (Å²) in [6.07, 6.45) is 0. The fourth-order valence-electron chi connectivity index (χ4n) is 0.0297. The molecule has 0 fully saturated rings. The SMILES string of the molecule is CB(B=O)[I-]P. The minimum absolute atomic E-state index is 0.0932. The second-order valence-corrected chi connectivity index (χ2v) is 5.31. The number of halogens is 1. The standard InChI is InChI=1S/CH5B2IOP/c1-3(2-5)4-6/h6H2,1H3/q-1. The van der Waals surface area contributed by atoms with Crippen LogP contribution in [0.15, 0.2) is 0 Å². The first kappa shape index (κ1) is 7.09. The van der Waals surface area contributed by atoms with Gasteiger partial charge in [0.15, 0.2) is 0 Å². The Hall–Kier alpha value is 1.09. The van der Waals surface area contributed by atoms with Gasteiger partial charge in [0.1, 0.15) is 0 Å². The van der Waals surface area contributed by atoms with Crippen molar-refractivity contribution in [1.82, 2.24) is 0 Å². The zero-order valence-corrected chi connectivity index (χ0v) is 6.83. The van der Waals surface area contributed by atoms with E-state index in [4.69, 9.17) is 0 Å². The van der Waals surface area contributed by atoms with E-state index in [0.29, 0.717) is 4.46 Å². The molecule has 0 N–H and O–H groups in total. The molecule has 1 atom stereocenters. The maximum absolute atomic E-state index is 9.75. The number of hydrogen-bond donors (Lipinski definition) is 0. The number of hydrogen-bond acceptors (Lipinski definition) is 1. The second kappa shape index (κ2) is 4.25. The first-order valence-corrected chi connectivity index (χ1v) is 7.00. The van der Waals surface area contributed by atoms with Crippen molar-refractivity contribution in [3.8, 4) is 0 Å². The summed E-state index contributed by atoms with van der Waals surface area (Å²) in [6, 6.07) is 0. The molecule has 0 rings (SSSR count). The molecule has 0 spiro atoms. The molecule has 6 heavy (non-hydrogen) atoms. The van der Waals surface area contributed by atoms with Gasteiger partial charge in [-0.15, -0.1) is 0 Å². The van der Waals surface area contributed by atoms with E-state index in [-0.39, 0.29) is 20.4 Å². The van der Waals surface area contributed by atoms with Crippen LogP contribution >= 0.6 is 6.88 Å². The van der Waals surface area contributed by atoms with Crippen LogP contribution < -0.4 is 20.4 Å². The van der Waals surface area contributed by atoms with Crippen LogP contribution in [0.5, 0.6) is 0 Å². The second-order valence-electron chi connectivity index (χ2n) is 0.940. The molecule has 0 bridgehead atoms. The van der Waals surface area contributed by atoms with E-state index in [0.717, 1.165) is 7.04 Å². The van der Waals surface area contributed by atoms with Gasteiger partial charge in [0.05, 0.1) is 0 Å². The third kappa shape index (κ3) is 3.29. The molecule has 5 heteroatoms. The molecule has 34 valence electrons. The average molecular weight is 213 g/mol. The summed E-state index contributed by atoms with van der Waals surface area (Å²) in [5, 5.41) is 0. The molecule has 0 aromatic heterocycles. The van der Waals surface area contributed by atoms with Crippen LogP contribution in [0.1, 0.15) is 0 Å². The van der Waals surface area contributed by atoms with Crippen molar-refractivity contribution in [2.24, 2.45) is 0 Å². The third-order valence-corrected chi connectivity index (χ3v) is 4.48. The van der Waals surface area contributed by atoms with Crippen molar-refractivity contribution < 1.29 is 25.1 Å². The summed E-state index contributed by atoms with van der Waals surface area (Å²) in [5.41, 5.74) is 0.